The Morgan fingerprint density at radius 1 is 1.38 bits per heavy atom. The fourth-order valence-corrected chi connectivity index (χ4v) is 3.28. The van der Waals surface area contributed by atoms with Gasteiger partial charge >= 0.3 is 0 Å². The van der Waals surface area contributed by atoms with Gasteiger partial charge in [-0.1, -0.05) is 0 Å². The second kappa shape index (κ2) is 7.27. The van der Waals surface area contributed by atoms with Crippen LogP contribution in [0.1, 0.15) is 5.56 Å². The van der Waals surface area contributed by atoms with Crippen molar-refractivity contribution >= 4 is 38.3 Å². The van der Waals surface area contributed by atoms with E-state index in [1.54, 1.807) is 25.4 Å². The molecule has 0 saturated carbocycles. The van der Waals surface area contributed by atoms with Gasteiger partial charge in [-0.25, -0.2) is 24.0 Å². The summed E-state index contributed by atoms with van der Waals surface area (Å²) in [5.41, 5.74) is 1.89. The van der Waals surface area contributed by atoms with Crippen molar-refractivity contribution in [3.05, 3.63) is 42.4 Å². The Morgan fingerprint density at radius 2 is 2.21 bits per heavy atom. The molecule has 4 rings (SSSR count). The molecule has 0 bridgehead atoms. The molecular weight excluding hydrogens is 403 g/mol. The molecule has 13 heteroatoms. The molecule has 29 heavy (non-hydrogen) atoms. The first-order chi connectivity index (χ1) is 13.8. The van der Waals surface area contributed by atoms with Gasteiger partial charge in [-0.05, 0) is 13.0 Å². The van der Waals surface area contributed by atoms with Gasteiger partial charge in [0.2, 0.25) is 0 Å². The Morgan fingerprint density at radius 3 is 3.00 bits per heavy atom. The first-order valence-electron chi connectivity index (χ1n) is 8.45. The summed E-state index contributed by atoms with van der Waals surface area (Å²) in [5, 5.41) is 12.3. The second-order valence-corrected chi connectivity index (χ2v) is 7.54. The number of nitrogens with one attached hydrogen (secondary N) is 3. The summed E-state index contributed by atoms with van der Waals surface area (Å²) in [5.74, 6) is 0.387. The molecule has 0 unspecified atom stereocenters. The van der Waals surface area contributed by atoms with Gasteiger partial charge in [-0.3, -0.25) is 0 Å². The van der Waals surface area contributed by atoms with E-state index in [2.05, 4.69) is 30.1 Å². The van der Waals surface area contributed by atoms with Gasteiger partial charge in [0.05, 0.1) is 23.5 Å². The van der Waals surface area contributed by atoms with Crippen LogP contribution in [0.2, 0.25) is 0 Å². The van der Waals surface area contributed by atoms with Crippen molar-refractivity contribution in [3.8, 4) is 5.75 Å². The van der Waals surface area contributed by atoms with Crippen LogP contribution >= 0.6 is 0 Å². The molecular formula is C16H17FN8O3S. The number of nitrogens with zero attached hydrogens (tertiary/aromatic N) is 4. The molecule has 0 aliphatic heterocycles. The third-order valence-corrected chi connectivity index (χ3v) is 4.82. The summed E-state index contributed by atoms with van der Waals surface area (Å²) in [4.78, 5) is 11.2. The van der Waals surface area contributed by atoms with Crippen LogP contribution < -0.4 is 19.9 Å². The summed E-state index contributed by atoms with van der Waals surface area (Å²) in [6.45, 7) is 1.86. The second-order valence-electron chi connectivity index (χ2n) is 6.16. The minimum Gasteiger partial charge on any atom is -0.490 e. The van der Waals surface area contributed by atoms with Crippen molar-refractivity contribution in [2.45, 2.75) is 6.92 Å². The Hall–Kier alpha value is -3.29. The van der Waals surface area contributed by atoms with Crippen LogP contribution in [-0.4, -0.2) is 46.1 Å². The molecule has 4 heterocycles. The molecule has 0 aromatic carbocycles. The maximum absolute atomic E-state index is 14.7. The molecule has 4 aromatic heterocycles. The molecule has 4 aromatic rings. The van der Waals surface area contributed by atoms with Gasteiger partial charge in [0.15, 0.2) is 11.6 Å². The highest BCUT2D eigenvalue weighted by molar-refractivity contribution is 7.87. The molecule has 0 saturated heterocycles. The van der Waals surface area contributed by atoms with E-state index in [0.717, 1.165) is 0 Å². The summed E-state index contributed by atoms with van der Waals surface area (Å²) in [7, 11) is -3.78. The Balaban J connectivity index is 1.61. The van der Waals surface area contributed by atoms with E-state index in [1.807, 2.05) is 0 Å². The van der Waals surface area contributed by atoms with Crippen molar-refractivity contribution in [2.75, 3.05) is 18.5 Å². The van der Waals surface area contributed by atoms with Gasteiger partial charge in [-0.2, -0.15) is 18.2 Å². The third-order valence-electron chi connectivity index (χ3n) is 4.22. The lowest BCUT2D eigenvalue weighted by Crippen LogP contribution is -2.33. The summed E-state index contributed by atoms with van der Waals surface area (Å²) in [6, 6.07) is 1.60. The maximum atomic E-state index is 14.7. The number of rotatable bonds is 7. The van der Waals surface area contributed by atoms with Crippen LogP contribution in [0.4, 0.5) is 15.9 Å². The highest BCUT2D eigenvalue weighted by Crippen LogP contribution is 2.31. The fraction of sp³-hybridized carbons (Fsp3) is 0.188. The molecule has 0 aliphatic rings. The van der Waals surface area contributed by atoms with E-state index < -0.39 is 16.0 Å². The van der Waals surface area contributed by atoms with E-state index in [-0.39, 0.29) is 18.8 Å². The topological polar surface area (TPSA) is 152 Å². The summed E-state index contributed by atoms with van der Waals surface area (Å²) < 4.78 is 45.8. The van der Waals surface area contributed by atoms with Gasteiger partial charge in [0.25, 0.3) is 10.2 Å². The number of fused-ring (bicyclic) bond motifs is 2. The van der Waals surface area contributed by atoms with Crippen molar-refractivity contribution in [1.29, 1.82) is 0 Å². The minimum absolute atomic E-state index is 0.00874. The van der Waals surface area contributed by atoms with Crippen LogP contribution in [-0.2, 0) is 10.2 Å². The summed E-state index contributed by atoms with van der Waals surface area (Å²) in [6.07, 6.45) is 5.93. The SMILES string of the molecule is Cc1c(OCCNS(N)(=O)=O)cn2ncnc(Nc3cnc4[nH]ccc4c3F)c12. The zero-order valence-corrected chi connectivity index (χ0v) is 16.0. The number of H-pyrrole nitrogens is 1. The standard InChI is InChI=1S/C16H17FN8O3S/c1-9-12(28-5-4-23-29(18,26)27)7-25-14(9)16(21-8-22-25)24-11-6-20-15-10(13(11)17)2-3-19-15/h2-3,6-8,23H,4-5H2,1H3,(H,19,20)(H2,18,26,27)(H,21,22,24). The van der Waals surface area contributed by atoms with E-state index in [1.165, 1.54) is 17.0 Å². The average molecular weight is 420 g/mol. The molecule has 0 atom stereocenters. The number of hydrogen-bond acceptors (Lipinski definition) is 7. The number of hydrogen-bond donors (Lipinski definition) is 4. The van der Waals surface area contributed by atoms with Gasteiger partial charge in [0, 0.05) is 18.3 Å². The normalized spacial score (nSPS) is 12.0. The monoisotopic (exact) mass is 420 g/mol. The van der Waals surface area contributed by atoms with Crippen LogP contribution in [0.5, 0.6) is 5.75 Å². The molecule has 11 nitrogen and oxygen atoms in total. The highest BCUT2D eigenvalue weighted by Gasteiger charge is 2.16. The highest BCUT2D eigenvalue weighted by atomic mass is 32.2. The van der Waals surface area contributed by atoms with Crippen LogP contribution in [0, 0.1) is 12.7 Å². The van der Waals surface area contributed by atoms with E-state index in [0.29, 0.717) is 33.7 Å². The van der Waals surface area contributed by atoms with E-state index in [9.17, 15) is 12.8 Å². The zero-order valence-electron chi connectivity index (χ0n) is 15.2. The molecule has 0 aliphatic carbocycles. The third kappa shape index (κ3) is 3.83. The first-order valence-corrected chi connectivity index (χ1v) is 10.00. The van der Waals surface area contributed by atoms with Crippen LogP contribution in [0.15, 0.2) is 31.0 Å². The first kappa shape index (κ1) is 19.0. The Labute approximate surface area is 164 Å². The molecule has 0 spiro atoms. The molecule has 0 amide bonds. The Bertz CT molecular complexity index is 1300. The smallest absolute Gasteiger partial charge is 0.274 e. The molecule has 0 fully saturated rings. The van der Waals surface area contributed by atoms with Crippen LogP contribution in [0.25, 0.3) is 16.6 Å². The van der Waals surface area contributed by atoms with E-state index in [4.69, 9.17) is 9.88 Å². The summed E-state index contributed by atoms with van der Waals surface area (Å²) >= 11 is 0. The fourth-order valence-electron chi connectivity index (χ4n) is 2.91. The lowest BCUT2D eigenvalue weighted by molar-refractivity contribution is 0.321. The quantitative estimate of drug-likeness (QED) is 0.325. The van der Waals surface area contributed by atoms with Gasteiger partial charge in [0.1, 0.15) is 29.8 Å². The van der Waals surface area contributed by atoms with Crippen molar-refractivity contribution in [2.24, 2.45) is 5.14 Å². The number of ether oxygens (including phenoxy) is 1. The molecule has 152 valence electrons. The minimum atomic E-state index is -3.78. The lowest BCUT2D eigenvalue weighted by atomic mass is 10.2. The van der Waals surface area contributed by atoms with E-state index >= 15 is 0 Å². The zero-order chi connectivity index (χ0) is 20.6. The van der Waals surface area contributed by atoms with Gasteiger partial charge < -0.3 is 15.0 Å². The number of nitrogens with two attached hydrogens (primary N) is 1. The Kier molecular flexibility index (Phi) is 4.77. The maximum Gasteiger partial charge on any atom is 0.274 e. The number of pyridine rings is 1. The predicted octanol–water partition coefficient (Wildman–Crippen LogP) is 0.969. The number of anilines is 2. The molecule has 5 N–H and O–H groups in total. The molecule has 0 radical (unpaired) electrons. The predicted molar refractivity (Wildman–Crippen MR) is 104 cm³/mol. The number of aryl methyl sites for hydroxylation is 1. The number of aromatic nitrogens is 5. The largest absolute Gasteiger partial charge is 0.490 e. The number of aromatic amines is 1. The average Bonchev–Trinajstić information content (AvgIpc) is 3.26. The lowest BCUT2D eigenvalue weighted by Gasteiger charge is -2.09. The van der Waals surface area contributed by atoms with Crippen molar-refractivity contribution in [3.63, 3.8) is 0 Å². The number of halogens is 1. The van der Waals surface area contributed by atoms with Crippen LogP contribution in [0.3, 0.4) is 0 Å². The van der Waals surface area contributed by atoms with Crippen molar-refractivity contribution in [1.82, 2.24) is 29.3 Å². The van der Waals surface area contributed by atoms with Gasteiger partial charge in [-0.15, -0.1) is 0 Å². The van der Waals surface area contributed by atoms with Crippen molar-refractivity contribution < 1.29 is 17.5 Å².